The zero-order chi connectivity index (χ0) is 18.1. The highest BCUT2D eigenvalue weighted by atomic mass is 16.3. The van der Waals surface area contributed by atoms with Gasteiger partial charge in [-0.1, -0.05) is 62.4 Å². The highest BCUT2D eigenvalue weighted by Gasteiger charge is 2.21. The van der Waals surface area contributed by atoms with E-state index in [2.05, 4.69) is 48.3 Å². The maximum absolute atomic E-state index is 10.3. The van der Waals surface area contributed by atoms with Crippen molar-refractivity contribution in [2.45, 2.75) is 25.7 Å². The number of aromatic hydroxyl groups is 1. The van der Waals surface area contributed by atoms with Gasteiger partial charge in [-0.3, -0.25) is 0 Å². The monoisotopic (exact) mass is 343 g/mol. The van der Waals surface area contributed by atoms with E-state index in [1.165, 1.54) is 10.4 Å². The number of rotatable bonds is 4. The maximum atomic E-state index is 10.3. The third kappa shape index (κ3) is 3.06. The molecule has 0 aliphatic carbocycles. The lowest BCUT2D eigenvalue weighted by atomic mass is 9.79. The largest absolute Gasteiger partial charge is 0.506 e. The number of phenolic OH excluding ortho intramolecular Hbond substituents is 1. The first-order valence-electron chi connectivity index (χ1n) is 8.73. The quantitative estimate of drug-likeness (QED) is 0.587. The van der Waals surface area contributed by atoms with Crippen molar-refractivity contribution >= 4 is 11.0 Å². The first-order valence-corrected chi connectivity index (χ1v) is 8.73. The van der Waals surface area contributed by atoms with Gasteiger partial charge >= 0.3 is 0 Å². The van der Waals surface area contributed by atoms with Crippen LogP contribution in [0.3, 0.4) is 0 Å². The van der Waals surface area contributed by atoms with Gasteiger partial charge in [-0.25, -0.2) is 0 Å². The van der Waals surface area contributed by atoms with Gasteiger partial charge in [-0.2, -0.15) is 0 Å². The first kappa shape index (κ1) is 16.3. The Morgan fingerprint density at radius 2 is 1.46 bits per heavy atom. The predicted octanol–water partition coefficient (Wildman–Crippen LogP) is 4.65. The Bertz CT molecular complexity index is 1020. The molecule has 0 atom stereocenters. The fourth-order valence-electron chi connectivity index (χ4n) is 3.31. The van der Waals surface area contributed by atoms with Crippen molar-refractivity contribution in [2.75, 3.05) is 0 Å². The number of benzene rings is 3. The molecular formula is C22H21N3O. The molecule has 0 fully saturated rings. The second-order valence-electron chi connectivity index (χ2n) is 7.23. The molecule has 26 heavy (non-hydrogen) atoms. The summed E-state index contributed by atoms with van der Waals surface area (Å²) in [7, 11) is 0. The van der Waals surface area contributed by atoms with E-state index >= 15 is 0 Å². The molecule has 1 heterocycles. The molecule has 4 aromatic rings. The summed E-state index contributed by atoms with van der Waals surface area (Å²) in [6.07, 6.45) is 0.852. The molecule has 0 unspecified atom stereocenters. The lowest BCUT2D eigenvalue weighted by molar-refractivity contribution is 0.466. The molecule has 0 spiro atoms. The summed E-state index contributed by atoms with van der Waals surface area (Å²) in [5.41, 5.74) is 4.62. The van der Waals surface area contributed by atoms with Crippen molar-refractivity contribution in [3.05, 3.63) is 83.9 Å². The average Bonchev–Trinajstić information content (AvgIpc) is 3.08. The lowest BCUT2D eigenvalue weighted by Gasteiger charge is -2.25. The molecule has 3 aromatic carbocycles. The van der Waals surface area contributed by atoms with Crippen LogP contribution in [0, 0.1) is 0 Å². The molecule has 130 valence electrons. The van der Waals surface area contributed by atoms with Gasteiger partial charge in [0.2, 0.25) is 0 Å². The van der Waals surface area contributed by atoms with Crippen molar-refractivity contribution < 1.29 is 5.11 Å². The summed E-state index contributed by atoms with van der Waals surface area (Å²) in [4.78, 5) is 1.51. The normalized spacial score (nSPS) is 11.8. The first-order chi connectivity index (χ1) is 12.5. The summed E-state index contributed by atoms with van der Waals surface area (Å²) in [6.45, 7) is 4.46. The van der Waals surface area contributed by atoms with Crippen LogP contribution in [-0.2, 0) is 11.8 Å². The van der Waals surface area contributed by atoms with Crippen LogP contribution in [0.15, 0.2) is 72.8 Å². The third-order valence-corrected chi connectivity index (χ3v) is 4.74. The van der Waals surface area contributed by atoms with E-state index in [1.54, 1.807) is 6.07 Å². The van der Waals surface area contributed by atoms with Crippen LogP contribution in [-0.4, -0.2) is 20.1 Å². The minimum Gasteiger partial charge on any atom is -0.506 e. The predicted molar refractivity (Wildman–Crippen MR) is 104 cm³/mol. The molecule has 0 saturated heterocycles. The average molecular weight is 343 g/mol. The molecule has 1 aromatic heterocycles. The van der Waals surface area contributed by atoms with Crippen LogP contribution >= 0.6 is 0 Å². The van der Waals surface area contributed by atoms with Crippen LogP contribution in [0.25, 0.3) is 16.7 Å². The Kier molecular flexibility index (Phi) is 3.96. The molecule has 0 saturated carbocycles. The van der Waals surface area contributed by atoms with Gasteiger partial charge in [-0.05, 0) is 47.2 Å². The maximum Gasteiger partial charge on any atom is 0.143 e. The van der Waals surface area contributed by atoms with Gasteiger partial charge in [0.15, 0.2) is 0 Å². The fraction of sp³-hybridized carbons (Fsp3) is 0.182. The van der Waals surface area contributed by atoms with E-state index in [0.717, 1.165) is 23.0 Å². The summed E-state index contributed by atoms with van der Waals surface area (Å²) in [5, 5.41) is 19.3. The minimum absolute atomic E-state index is 0.0161. The van der Waals surface area contributed by atoms with Crippen molar-refractivity contribution in [2.24, 2.45) is 0 Å². The molecule has 4 nitrogen and oxygen atoms in total. The van der Waals surface area contributed by atoms with Crippen LogP contribution < -0.4 is 0 Å². The second-order valence-corrected chi connectivity index (χ2v) is 7.23. The molecule has 0 aliphatic rings. The van der Waals surface area contributed by atoms with E-state index in [0.29, 0.717) is 5.69 Å². The van der Waals surface area contributed by atoms with E-state index in [1.807, 2.05) is 42.5 Å². The summed E-state index contributed by atoms with van der Waals surface area (Å²) in [5.74, 6) is 0.173. The molecule has 4 heteroatoms. The third-order valence-electron chi connectivity index (χ3n) is 4.74. The van der Waals surface area contributed by atoms with Crippen molar-refractivity contribution in [1.82, 2.24) is 15.0 Å². The summed E-state index contributed by atoms with van der Waals surface area (Å²) >= 11 is 0. The van der Waals surface area contributed by atoms with Crippen LogP contribution in [0.5, 0.6) is 5.75 Å². The van der Waals surface area contributed by atoms with Gasteiger partial charge in [0.05, 0.1) is 0 Å². The van der Waals surface area contributed by atoms with Crippen molar-refractivity contribution in [3.63, 3.8) is 0 Å². The van der Waals surface area contributed by atoms with E-state index in [9.17, 15) is 5.11 Å². The van der Waals surface area contributed by atoms with Crippen molar-refractivity contribution in [1.29, 1.82) is 0 Å². The Morgan fingerprint density at radius 3 is 2.12 bits per heavy atom. The molecule has 0 amide bonds. The van der Waals surface area contributed by atoms with Gasteiger partial charge in [0, 0.05) is 0 Å². The minimum atomic E-state index is -0.0161. The highest BCUT2D eigenvalue weighted by molar-refractivity contribution is 5.73. The van der Waals surface area contributed by atoms with Crippen molar-refractivity contribution in [3.8, 4) is 11.4 Å². The number of hydrogen-bond donors (Lipinski definition) is 1. The van der Waals surface area contributed by atoms with E-state index in [4.69, 9.17) is 0 Å². The number of phenols is 1. The lowest BCUT2D eigenvalue weighted by Crippen LogP contribution is -2.20. The SMILES string of the molecule is CC(C)(Cc1ccc(O)c(-n2nc3ccccc3n2)c1)c1ccccc1. The number of fused-ring (bicyclic) bond motifs is 1. The zero-order valence-electron chi connectivity index (χ0n) is 14.9. The van der Waals surface area contributed by atoms with Gasteiger partial charge in [-0.15, -0.1) is 15.0 Å². The molecule has 0 aliphatic heterocycles. The molecule has 0 bridgehead atoms. The van der Waals surface area contributed by atoms with Crippen LogP contribution in [0.2, 0.25) is 0 Å². The zero-order valence-corrected chi connectivity index (χ0v) is 14.9. The number of hydrogen-bond acceptors (Lipinski definition) is 3. The number of nitrogens with zero attached hydrogens (tertiary/aromatic N) is 3. The van der Waals surface area contributed by atoms with Crippen LogP contribution in [0.4, 0.5) is 0 Å². The Hall–Kier alpha value is -3.14. The smallest absolute Gasteiger partial charge is 0.143 e. The van der Waals surface area contributed by atoms with Crippen LogP contribution in [0.1, 0.15) is 25.0 Å². The van der Waals surface area contributed by atoms with Gasteiger partial charge in [0.1, 0.15) is 22.5 Å². The molecule has 1 N–H and O–H groups in total. The summed E-state index contributed by atoms with van der Waals surface area (Å²) < 4.78 is 0. The second kappa shape index (κ2) is 6.30. The Balaban J connectivity index is 1.70. The standard InChI is InChI=1S/C22H21N3O/c1-22(2,17-8-4-3-5-9-17)15-16-12-13-21(26)20(14-16)25-23-18-10-6-7-11-19(18)24-25/h3-14,26H,15H2,1-2H3. The molecular weight excluding hydrogens is 322 g/mol. The Labute approximate surface area is 152 Å². The van der Waals surface area contributed by atoms with Gasteiger partial charge < -0.3 is 5.11 Å². The van der Waals surface area contributed by atoms with Gasteiger partial charge in [0.25, 0.3) is 0 Å². The molecule has 0 radical (unpaired) electrons. The van der Waals surface area contributed by atoms with E-state index in [-0.39, 0.29) is 11.2 Å². The Morgan fingerprint density at radius 1 is 0.846 bits per heavy atom. The highest BCUT2D eigenvalue weighted by Crippen LogP contribution is 2.30. The summed E-state index contributed by atoms with van der Waals surface area (Å²) in [6, 6.07) is 23.8. The molecule has 4 rings (SSSR count). The topological polar surface area (TPSA) is 50.9 Å². The number of aromatic nitrogens is 3. The van der Waals surface area contributed by atoms with E-state index < -0.39 is 0 Å². The fourth-order valence-corrected chi connectivity index (χ4v) is 3.31.